The highest BCUT2D eigenvalue weighted by atomic mass is 19.2. The van der Waals surface area contributed by atoms with E-state index in [9.17, 15) is 13.2 Å². The first-order valence-electron chi connectivity index (χ1n) is 10.4. The lowest BCUT2D eigenvalue weighted by Crippen LogP contribution is -2.17. The lowest BCUT2D eigenvalue weighted by atomic mass is 10.1. The number of fused-ring (bicyclic) bond motifs is 1. The van der Waals surface area contributed by atoms with Crippen molar-refractivity contribution in [3.05, 3.63) is 72.3 Å². The number of rotatable bonds is 6. The second-order valence-corrected chi connectivity index (χ2v) is 7.64. The molecule has 4 heterocycles. The third-order valence-corrected chi connectivity index (χ3v) is 5.65. The smallest absolute Gasteiger partial charge is 0.241 e. The lowest BCUT2D eigenvalue weighted by Gasteiger charge is -2.18. The molecule has 0 aliphatic carbocycles. The Morgan fingerprint density at radius 2 is 1.88 bits per heavy atom. The summed E-state index contributed by atoms with van der Waals surface area (Å²) in [5, 5.41) is 5.01. The van der Waals surface area contributed by atoms with Crippen molar-refractivity contribution in [2.24, 2.45) is 5.11 Å². The topological polar surface area (TPSA) is 94.2 Å². The Bertz CT molecular complexity index is 1500. The molecule has 172 valence electrons. The summed E-state index contributed by atoms with van der Waals surface area (Å²) in [7, 11) is 1.45. The Morgan fingerprint density at radius 1 is 1.09 bits per heavy atom. The second-order valence-electron chi connectivity index (χ2n) is 7.64. The number of methoxy groups -OCH3 is 1. The number of ether oxygens (including phenoxy) is 1. The van der Waals surface area contributed by atoms with Gasteiger partial charge in [0.05, 0.1) is 30.8 Å². The van der Waals surface area contributed by atoms with Crippen molar-refractivity contribution >= 4 is 22.5 Å². The number of allylic oxidation sites excluding steroid dienone is 1. The van der Waals surface area contributed by atoms with Gasteiger partial charge in [-0.2, -0.15) is 0 Å². The number of hydrogen-bond acceptors (Lipinski definition) is 6. The Morgan fingerprint density at radius 3 is 2.59 bits per heavy atom. The zero-order valence-electron chi connectivity index (χ0n) is 18.2. The van der Waals surface area contributed by atoms with Crippen molar-refractivity contribution in [2.45, 2.75) is 19.4 Å². The summed E-state index contributed by atoms with van der Waals surface area (Å²) < 4.78 is 49.7. The second kappa shape index (κ2) is 8.25. The van der Waals surface area contributed by atoms with Gasteiger partial charge in [0.2, 0.25) is 17.8 Å². The molecule has 0 saturated carbocycles. The Hall–Kier alpha value is -4.28. The summed E-state index contributed by atoms with van der Waals surface area (Å²) in [4.78, 5) is 12.5. The molecule has 0 radical (unpaired) electrons. The molecule has 0 amide bonds. The maximum absolute atomic E-state index is 14.1. The normalized spacial score (nSPS) is 13.9. The molecule has 3 aromatic heterocycles. The summed E-state index contributed by atoms with van der Waals surface area (Å²) >= 11 is 0. The van der Waals surface area contributed by atoms with Crippen molar-refractivity contribution in [3.8, 4) is 17.0 Å². The van der Waals surface area contributed by atoms with Crippen LogP contribution in [0.15, 0.2) is 60.0 Å². The molecule has 34 heavy (non-hydrogen) atoms. The monoisotopic (exact) mass is 466 g/mol. The fourth-order valence-electron chi connectivity index (χ4n) is 4.04. The molecule has 8 nitrogen and oxygen atoms in total. The number of nitrogens with two attached hydrogens (primary N) is 1. The number of aromatic nitrogens is 4. The molecule has 0 fully saturated rings. The number of hydrogen-bond donors (Lipinski definition) is 1. The van der Waals surface area contributed by atoms with E-state index in [1.54, 1.807) is 12.4 Å². The van der Waals surface area contributed by atoms with E-state index in [1.807, 2.05) is 11.5 Å². The van der Waals surface area contributed by atoms with Gasteiger partial charge in [-0.05, 0) is 23.3 Å². The summed E-state index contributed by atoms with van der Waals surface area (Å²) in [6.07, 6.45) is 6.58. The van der Waals surface area contributed by atoms with Crippen LogP contribution >= 0.6 is 0 Å². The zero-order valence-corrected chi connectivity index (χ0v) is 18.2. The van der Waals surface area contributed by atoms with Crippen molar-refractivity contribution in [1.29, 1.82) is 0 Å². The van der Waals surface area contributed by atoms with Gasteiger partial charge in [-0.25, -0.2) is 28.1 Å². The molecule has 11 heteroatoms. The Balaban J connectivity index is 1.60. The number of azo groups is 2. The number of anilines is 1. The van der Waals surface area contributed by atoms with Gasteiger partial charge < -0.3 is 15.0 Å². The third kappa shape index (κ3) is 3.45. The van der Waals surface area contributed by atoms with E-state index < -0.39 is 17.5 Å². The molecule has 0 bridgehead atoms. The first-order chi connectivity index (χ1) is 16.4. The molecule has 4 aromatic rings. The minimum Gasteiger partial charge on any atom is -0.481 e. The van der Waals surface area contributed by atoms with Crippen LogP contribution in [0, 0.1) is 17.5 Å². The SMILES string of the molecule is CCC(C1=C[N+](c2ccc(F)c(F)c2)=N1)n1cc(-c2cc(F)cnc2OC)c2c(N)ncnc21. The first-order valence-corrected chi connectivity index (χ1v) is 10.4. The fourth-order valence-corrected chi connectivity index (χ4v) is 4.04. The number of benzene rings is 1. The maximum Gasteiger partial charge on any atom is 0.241 e. The third-order valence-electron chi connectivity index (χ3n) is 5.65. The summed E-state index contributed by atoms with van der Waals surface area (Å²) in [5.41, 5.74) is 8.79. The quantitative estimate of drug-likeness (QED) is 0.399. The van der Waals surface area contributed by atoms with Crippen LogP contribution in [-0.2, 0) is 0 Å². The minimum absolute atomic E-state index is 0.225. The average molecular weight is 466 g/mol. The Kier molecular flexibility index (Phi) is 5.23. The number of halogens is 3. The van der Waals surface area contributed by atoms with Gasteiger partial charge in [-0.15, -0.1) is 0 Å². The van der Waals surface area contributed by atoms with E-state index in [1.165, 1.54) is 30.3 Å². The molecule has 1 aromatic carbocycles. The minimum atomic E-state index is -0.951. The van der Waals surface area contributed by atoms with Gasteiger partial charge in [0.15, 0.2) is 17.3 Å². The van der Waals surface area contributed by atoms with E-state index in [0.717, 1.165) is 18.3 Å². The van der Waals surface area contributed by atoms with Crippen LogP contribution in [0.3, 0.4) is 0 Å². The average Bonchev–Trinajstić information content (AvgIpc) is 3.18. The largest absolute Gasteiger partial charge is 0.481 e. The molecule has 1 atom stereocenters. The highest BCUT2D eigenvalue weighted by molar-refractivity contribution is 6.01. The molecular formula is C23H19F3N7O+. The highest BCUT2D eigenvalue weighted by Crippen LogP contribution is 2.41. The molecular weight excluding hydrogens is 447 g/mol. The highest BCUT2D eigenvalue weighted by Gasteiger charge is 2.32. The summed E-state index contributed by atoms with van der Waals surface area (Å²) in [6.45, 7) is 1.97. The van der Waals surface area contributed by atoms with E-state index in [0.29, 0.717) is 40.0 Å². The van der Waals surface area contributed by atoms with Crippen LogP contribution in [0.4, 0.5) is 24.7 Å². The molecule has 1 aliphatic rings. The standard InChI is InChI=1S/C23H19F3N7O/c1-3-19(18-10-33(31-18)13-4-5-16(25)17(26)7-13)32-9-15(20-21(27)29-11-30-22(20)32)14-6-12(24)8-28-23(14)34-2/h4-11,19H,3H2,1-2H3,(H2,27,29,30)/q+1. The van der Waals surface area contributed by atoms with Crippen molar-refractivity contribution < 1.29 is 22.6 Å². The van der Waals surface area contributed by atoms with Gasteiger partial charge in [-0.3, -0.25) is 0 Å². The van der Waals surface area contributed by atoms with E-state index >= 15 is 0 Å². The van der Waals surface area contributed by atoms with Crippen molar-refractivity contribution in [2.75, 3.05) is 12.8 Å². The molecule has 0 saturated heterocycles. The number of pyridine rings is 1. The number of nitrogens with zero attached hydrogens (tertiary/aromatic N) is 6. The Labute approximate surface area is 191 Å². The molecule has 2 N–H and O–H groups in total. The van der Waals surface area contributed by atoms with E-state index in [2.05, 4.69) is 20.1 Å². The predicted molar refractivity (Wildman–Crippen MR) is 118 cm³/mol. The van der Waals surface area contributed by atoms with Gasteiger partial charge in [-0.1, -0.05) is 6.92 Å². The van der Waals surface area contributed by atoms with Crippen LogP contribution in [0.5, 0.6) is 5.88 Å². The van der Waals surface area contributed by atoms with Crippen LogP contribution < -0.4 is 10.5 Å². The van der Waals surface area contributed by atoms with Gasteiger partial charge in [0, 0.05) is 28.5 Å². The molecule has 1 aliphatic heterocycles. The van der Waals surface area contributed by atoms with E-state index in [-0.39, 0.29) is 17.7 Å². The molecule has 5 rings (SSSR count). The predicted octanol–water partition coefficient (Wildman–Crippen LogP) is 5.10. The summed E-state index contributed by atoms with van der Waals surface area (Å²) in [6, 6.07) is 4.62. The van der Waals surface area contributed by atoms with E-state index in [4.69, 9.17) is 10.5 Å². The lowest BCUT2D eigenvalue weighted by molar-refractivity contribution is -0.462. The van der Waals surface area contributed by atoms with Gasteiger partial charge in [0.25, 0.3) is 0 Å². The molecule has 0 spiro atoms. The zero-order chi connectivity index (χ0) is 24.0. The van der Waals surface area contributed by atoms with Gasteiger partial charge in [0.1, 0.15) is 23.6 Å². The van der Waals surface area contributed by atoms with Crippen LogP contribution in [0.25, 0.3) is 22.2 Å². The fraction of sp³-hybridized carbons (Fsp3) is 0.174. The maximum atomic E-state index is 14.1. The van der Waals surface area contributed by atoms with Crippen molar-refractivity contribution in [1.82, 2.24) is 19.5 Å². The van der Waals surface area contributed by atoms with Gasteiger partial charge >= 0.3 is 0 Å². The van der Waals surface area contributed by atoms with Crippen molar-refractivity contribution in [3.63, 3.8) is 0 Å². The first kappa shape index (κ1) is 21.6. The van der Waals surface area contributed by atoms with Crippen LogP contribution in [-0.4, -0.2) is 31.3 Å². The van der Waals surface area contributed by atoms with Crippen LogP contribution in [0.1, 0.15) is 19.4 Å². The van der Waals surface area contributed by atoms with Crippen LogP contribution in [0.2, 0.25) is 0 Å². The summed E-state index contributed by atoms with van der Waals surface area (Å²) in [5.74, 6) is -1.95. The number of nitrogen functional groups attached to an aromatic ring is 1. The molecule has 1 unspecified atom stereocenters.